The maximum atomic E-state index is 14.6. The van der Waals surface area contributed by atoms with E-state index >= 15 is 0 Å². The molecule has 5 rings (SSSR count). The number of benzene rings is 1. The average molecular weight is 627 g/mol. The van der Waals surface area contributed by atoms with Gasteiger partial charge in [0.05, 0.1) is 36.3 Å². The van der Waals surface area contributed by atoms with Crippen LogP contribution in [0.15, 0.2) is 61.1 Å². The second kappa shape index (κ2) is 12.9. The van der Waals surface area contributed by atoms with Crippen LogP contribution in [0.2, 0.25) is 5.02 Å². The van der Waals surface area contributed by atoms with Gasteiger partial charge in [0, 0.05) is 48.2 Å². The van der Waals surface area contributed by atoms with Gasteiger partial charge in [-0.25, -0.2) is 27.8 Å². The molecular formula is C30H26ClF3N6O4. The fourth-order valence-electron chi connectivity index (χ4n) is 5.35. The Labute approximate surface area is 255 Å². The minimum atomic E-state index is -2.84. The van der Waals surface area contributed by atoms with E-state index in [-0.39, 0.29) is 53.5 Å². The largest absolute Gasteiger partial charge is 0.449 e. The average Bonchev–Trinajstić information content (AvgIpc) is 3.01. The van der Waals surface area contributed by atoms with Crippen LogP contribution in [0.5, 0.6) is 0 Å². The lowest BCUT2D eigenvalue weighted by atomic mass is 9.91. The number of cyclic esters (lactones) is 1. The monoisotopic (exact) mass is 626 g/mol. The quantitative estimate of drug-likeness (QED) is 0.376. The van der Waals surface area contributed by atoms with Gasteiger partial charge < -0.3 is 10.1 Å². The zero-order valence-electron chi connectivity index (χ0n) is 23.1. The molecule has 0 spiro atoms. The summed E-state index contributed by atoms with van der Waals surface area (Å²) < 4.78 is 47.5. The molecule has 1 aliphatic carbocycles. The molecule has 2 atom stereocenters. The van der Waals surface area contributed by atoms with E-state index in [2.05, 4.69) is 15.3 Å². The molecule has 2 fully saturated rings. The van der Waals surface area contributed by atoms with Gasteiger partial charge >= 0.3 is 6.09 Å². The molecule has 14 heteroatoms. The summed E-state index contributed by atoms with van der Waals surface area (Å²) in [5, 5.41) is 12.3. The Hall–Kier alpha value is -4.70. The van der Waals surface area contributed by atoms with Gasteiger partial charge in [-0.15, -0.1) is 0 Å². The number of rotatable bonds is 7. The molecule has 2 aliphatic rings. The molecule has 1 saturated heterocycles. The number of pyridine rings is 2. The Kier molecular flexibility index (Phi) is 9.01. The Morgan fingerprint density at radius 3 is 2.61 bits per heavy atom. The SMILES string of the molecule is N#Cc1ccnc(N2C(=O)OCC[C@H]2C(=O)N(c2cncc(F)c2)C(C(=O)NC2CCC(F)(F)CC2)c2ccccc2Cl)c1. The maximum absolute atomic E-state index is 14.6. The fourth-order valence-corrected chi connectivity index (χ4v) is 5.59. The van der Waals surface area contributed by atoms with Crippen molar-refractivity contribution >= 4 is 41.0 Å². The smallest absolute Gasteiger partial charge is 0.416 e. The van der Waals surface area contributed by atoms with Crippen LogP contribution >= 0.6 is 11.6 Å². The number of amides is 3. The molecule has 1 saturated carbocycles. The number of carbonyl (C=O) groups is 3. The van der Waals surface area contributed by atoms with Gasteiger partial charge in [-0.05, 0) is 31.0 Å². The molecule has 3 heterocycles. The molecule has 3 amide bonds. The molecule has 0 radical (unpaired) electrons. The highest BCUT2D eigenvalue weighted by atomic mass is 35.5. The van der Waals surface area contributed by atoms with Gasteiger partial charge in [0.15, 0.2) is 0 Å². The summed E-state index contributed by atoms with van der Waals surface area (Å²) in [6.45, 7) is -0.155. The van der Waals surface area contributed by atoms with Crippen molar-refractivity contribution in [1.82, 2.24) is 15.3 Å². The molecule has 1 unspecified atom stereocenters. The van der Waals surface area contributed by atoms with Crippen molar-refractivity contribution < 1.29 is 32.3 Å². The Morgan fingerprint density at radius 1 is 1.16 bits per heavy atom. The number of alkyl halides is 2. The molecule has 2 aromatic heterocycles. The molecule has 228 valence electrons. The van der Waals surface area contributed by atoms with Gasteiger partial charge in [-0.3, -0.25) is 19.5 Å². The number of nitrogens with zero attached hydrogens (tertiary/aromatic N) is 5. The van der Waals surface area contributed by atoms with Gasteiger partial charge in [0.25, 0.3) is 5.91 Å². The van der Waals surface area contributed by atoms with Crippen molar-refractivity contribution in [1.29, 1.82) is 5.26 Å². The number of ether oxygens (including phenoxy) is 1. The lowest BCUT2D eigenvalue weighted by molar-refractivity contribution is -0.128. The van der Waals surface area contributed by atoms with E-state index in [9.17, 15) is 32.8 Å². The van der Waals surface area contributed by atoms with E-state index in [1.54, 1.807) is 12.1 Å². The molecule has 44 heavy (non-hydrogen) atoms. The standard InChI is InChI=1S/C30H26ClF3N6O4/c31-23-4-2-1-3-22(23)26(27(41)38-20-5-9-30(33,34)10-6-20)39(21-14-19(32)16-36-17-21)28(42)24-8-12-44-29(43)40(24)25-13-18(15-35)7-11-37-25/h1-4,7,11,13-14,16-17,20,24,26H,5-6,8-10,12H2,(H,38,41)/t24-,26?/m0/s1. The predicted octanol–water partition coefficient (Wildman–Crippen LogP) is 5.32. The fraction of sp³-hybridized carbons (Fsp3) is 0.333. The zero-order valence-corrected chi connectivity index (χ0v) is 23.9. The van der Waals surface area contributed by atoms with Crippen LogP contribution in [0.3, 0.4) is 0 Å². The van der Waals surface area contributed by atoms with Crippen LogP contribution in [-0.4, -0.2) is 52.5 Å². The first-order valence-electron chi connectivity index (χ1n) is 13.8. The van der Waals surface area contributed by atoms with Crippen molar-refractivity contribution in [3.63, 3.8) is 0 Å². The van der Waals surface area contributed by atoms with Gasteiger partial charge in [0.1, 0.15) is 23.7 Å². The first-order valence-corrected chi connectivity index (χ1v) is 14.1. The normalized spacial score (nSPS) is 18.9. The lowest BCUT2D eigenvalue weighted by Crippen LogP contribution is -2.57. The van der Waals surface area contributed by atoms with Crippen LogP contribution in [0.25, 0.3) is 0 Å². The summed E-state index contributed by atoms with van der Waals surface area (Å²) in [6, 6.07) is 8.44. The van der Waals surface area contributed by atoms with Crippen LogP contribution in [0, 0.1) is 17.1 Å². The van der Waals surface area contributed by atoms with E-state index < -0.39 is 60.6 Å². The highest BCUT2D eigenvalue weighted by Gasteiger charge is 2.44. The summed E-state index contributed by atoms with van der Waals surface area (Å²) in [7, 11) is 0. The number of nitrogens with one attached hydrogen (secondary N) is 1. The van der Waals surface area contributed by atoms with E-state index in [0.29, 0.717) is 0 Å². The first kappa shape index (κ1) is 30.7. The number of nitriles is 1. The van der Waals surface area contributed by atoms with Gasteiger partial charge in [-0.2, -0.15) is 5.26 Å². The molecule has 3 aromatic rings. The topological polar surface area (TPSA) is 129 Å². The Bertz CT molecular complexity index is 1610. The number of hydrogen-bond acceptors (Lipinski definition) is 7. The number of aromatic nitrogens is 2. The summed E-state index contributed by atoms with van der Waals surface area (Å²) in [5.41, 5.74) is 0.208. The molecule has 10 nitrogen and oxygen atoms in total. The van der Waals surface area contributed by atoms with E-state index in [1.165, 1.54) is 36.7 Å². The number of halogens is 4. The van der Waals surface area contributed by atoms with Crippen LogP contribution < -0.4 is 15.1 Å². The molecule has 1 aromatic carbocycles. The highest BCUT2D eigenvalue weighted by Crippen LogP contribution is 2.37. The molecule has 1 N–H and O–H groups in total. The molecule has 0 bridgehead atoms. The van der Waals surface area contributed by atoms with Crippen molar-refractivity contribution in [3.05, 3.63) is 83.0 Å². The van der Waals surface area contributed by atoms with Crippen LogP contribution in [0.1, 0.15) is 49.3 Å². The van der Waals surface area contributed by atoms with Gasteiger partial charge in [0.2, 0.25) is 11.8 Å². The Balaban J connectivity index is 1.61. The summed E-state index contributed by atoms with van der Waals surface area (Å²) >= 11 is 6.55. The first-order chi connectivity index (χ1) is 21.1. The highest BCUT2D eigenvalue weighted by molar-refractivity contribution is 6.31. The third kappa shape index (κ3) is 6.60. The number of carbonyl (C=O) groups excluding carboxylic acids is 3. The van der Waals surface area contributed by atoms with Crippen molar-refractivity contribution in [2.45, 2.75) is 56.2 Å². The van der Waals surface area contributed by atoms with Crippen LogP contribution in [-0.2, 0) is 14.3 Å². The van der Waals surface area contributed by atoms with Crippen molar-refractivity contribution in [2.24, 2.45) is 0 Å². The third-order valence-corrected chi connectivity index (χ3v) is 7.85. The second-order valence-corrected chi connectivity index (χ2v) is 10.8. The lowest BCUT2D eigenvalue weighted by Gasteiger charge is -2.39. The number of hydrogen-bond donors (Lipinski definition) is 1. The second-order valence-electron chi connectivity index (χ2n) is 10.4. The third-order valence-electron chi connectivity index (χ3n) is 7.51. The van der Waals surface area contributed by atoms with Crippen LogP contribution in [0.4, 0.5) is 29.5 Å². The number of anilines is 2. The van der Waals surface area contributed by atoms with Crippen molar-refractivity contribution in [2.75, 3.05) is 16.4 Å². The van der Waals surface area contributed by atoms with E-state index in [4.69, 9.17) is 16.3 Å². The summed E-state index contributed by atoms with van der Waals surface area (Å²) in [4.78, 5) is 51.7. The Morgan fingerprint density at radius 2 is 1.91 bits per heavy atom. The van der Waals surface area contributed by atoms with Gasteiger partial charge in [-0.1, -0.05) is 29.8 Å². The van der Waals surface area contributed by atoms with E-state index in [1.807, 2.05) is 6.07 Å². The predicted molar refractivity (Wildman–Crippen MR) is 152 cm³/mol. The zero-order chi connectivity index (χ0) is 31.4. The van der Waals surface area contributed by atoms with E-state index in [0.717, 1.165) is 22.1 Å². The summed E-state index contributed by atoms with van der Waals surface area (Å²) in [5.74, 6) is -5.27. The minimum absolute atomic E-state index is 0.00654. The summed E-state index contributed by atoms with van der Waals surface area (Å²) in [6.07, 6.45) is 1.60. The molecular weight excluding hydrogens is 601 g/mol. The maximum Gasteiger partial charge on any atom is 0.416 e. The van der Waals surface area contributed by atoms with Crippen molar-refractivity contribution in [3.8, 4) is 6.07 Å². The molecule has 1 aliphatic heterocycles. The minimum Gasteiger partial charge on any atom is -0.449 e.